The molecular weight excluding hydrogens is 344 g/mol. The van der Waals surface area contributed by atoms with Crippen LogP contribution in [0.5, 0.6) is 0 Å². The van der Waals surface area contributed by atoms with Crippen molar-refractivity contribution in [3.63, 3.8) is 0 Å². The lowest BCUT2D eigenvalue weighted by atomic mass is 9.94. The van der Waals surface area contributed by atoms with Gasteiger partial charge in [0.05, 0.1) is 38.5 Å². The minimum Gasteiger partial charge on any atom is -0.503 e. The van der Waals surface area contributed by atoms with E-state index in [0.717, 1.165) is 24.1 Å². The third kappa shape index (κ3) is 3.80. The number of hydrogen-bond acceptors (Lipinski definition) is 4. The fourth-order valence-corrected chi connectivity index (χ4v) is 3.35. The van der Waals surface area contributed by atoms with E-state index >= 15 is 0 Å². The van der Waals surface area contributed by atoms with Crippen LogP contribution in [-0.4, -0.2) is 48.9 Å². The molecule has 0 bridgehead atoms. The molecule has 1 aromatic carbocycles. The van der Waals surface area contributed by atoms with Crippen molar-refractivity contribution in [2.45, 2.75) is 19.4 Å². The first-order valence-electron chi connectivity index (χ1n) is 9.08. The third-order valence-electron chi connectivity index (χ3n) is 4.76. The summed E-state index contributed by atoms with van der Waals surface area (Å²) in [6, 6.07) is 10.2. The van der Waals surface area contributed by atoms with Crippen LogP contribution in [0.4, 0.5) is 0 Å². The SMILES string of the molecule is Cc1ccc([C@@H]2C(C(=O)c3ccco3)=C(O)C(=O)N2CCC[NH+](C)C)cc1. The van der Waals surface area contributed by atoms with E-state index in [9.17, 15) is 14.7 Å². The summed E-state index contributed by atoms with van der Waals surface area (Å²) in [5.74, 6) is -1.35. The minimum atomic E-state index is -0.618. The number of Topliss-reactive ketones (excluding diaryl/α,β-unsaturated/α-hetero) is 1. The zero-order chi connectivity index (χ0) is 19.6. The van der Waals surface area contributed by atoms with Crippen LogP contribution in [0.3, 0.4) is 0 Å². The Morgan fingerprint density at radius 3 is 2.52 bits per heavy atom. The Kier molecular flexibility index (Phi) is 5.46. The Morgan fingerprint density at radius 1 is 1.22 bits per heavy atom. The van der Waals surface area contributed by atoms with Crippen molar-refractivity contribution in [2.75, 3.05) is 27.2 Å². The molecule has 0 saturated carbocycles. The highest BCUT2D eigenvalue weighted by atomic mass is 16.3. The number of hydrogen-bond donors (Lipinski definition) is 2. The predicted molar refractivity (Wildman–Crippen MR) is 101 cm³/mol. The van der Waals surface area contributed by atoms with Crippen LogP contribution in [0.25, 0.3) is 0 Å². The number of nitrogens with zero attached hydrogens (tertiary/aromatic N) is 1. The molecule has 6 heteroatoms. The first-order chi connectivity index (χ1) is 12.9. The molecule has 0 saturated heterocycles. The number of carbonyl (C=O) groups is 2. The van der Waals surface area contributed by atoms with E-state index < -0.39 is 23.5 Å². The number of aliphatic hydroxyl groups excluding tert-OH is 1. The van der Waals surface area contributed by atoms with Crippen molar-refractivity contribution in [3.8, 4) is 0 Å². The van der Waals surface area contributed by atoms with Crippen LogP contribution < -0.4 is 4.90 Å². The van der Waals surface area contributed by atoms with Crippen LogP contribution in [0.15, 0.2) is 58.4 Å². The number of aliphatic hydroxyl groups is 1. The summed E-state index contributed by atoms with van der Waals surface area (Å²) in [7, 11) is 4.09. The van der Waals surface area contributed by atoms with E-state index in [1.165, 1.54) is 17.2 Å². The summed E-state index contributed by atoms with van der Waals surface area (Å²) in [5, 5.41) is 10.5. The molecule has 2 aromatic rings. The predicted octanol–water partition coefficient (Wildman–Crippen LogP) is 1.70. The van der Waals surface area contributed by atoms with Gasteiger partial charge in [0.2, 0.25) is 5.78 Å². The van der Waals surface area contributed by atoms with Gasteiger partial charge in [-0.2, -0.15) is 0 Å². The van der Waals surface area contributed by atoms with Gasteiger partial charge in [0.15, 0.2) is 11.5 Å². The molecule has 0 radical (unpaired) electrons. The molecule has 2 N–H and O–H groups in total. The fraction of sp³-hybridized carbons (Fsp3) is 0.333. The number of benzene rings is 1. The van der Waals surface area contributed by atoms with Gasteiger partial charge in [-0.25, -0.2) is 0 Å². The highest BCUT2D eigenvalue weighted by molar-refractivity contribution is 6.14. The van der Waals surface area contributed by atoms with Crippen molar-refractivity contribution >= 4 is 11.7 Å². The fourth-order valence-electron chi connectivity index (χ4n) is 3.35. The van der Waals surface area contributed by atoms with Crippen molar-refractivity contribution in [1.29, 1.82) is 0 Å². The summed E-state index contributed by atoms with van der Waals surface area (Å²) in [5.41, 5.74) is 1.96. The van der Waals surface area contributed by atoms with Crippen LogP contribution in [0.2, 0.25) is 0 Å². The Morgan fingerprint density at radius 2 is 1.93 bits per heavy atom. The van der Waals surface area contributed by atoms with Crippen LogP contribution in [0, 0.1) is 6.92 Å². The number of rotatable bonds is 7. The molecular formula is C21H25N2O4+. The quantitative estimate of drug-likeness (QED) is 0.729. The number of furan rings is 1. The monoisotopic (exact) mass is 369 g/mol. The zero-order valence-electron chi connectivity index (χ0n) is 15.9. The van der Waals surface area contributed by atoms with Gasteiger partial charge in [0.1, 0.15) is 0 Å². The van der Waals surface area contributed by atoms with Gasteiger partial charge in [-0.15, -0.1) is 0 Å². The molecule has 2 heterocycles. The molecule has 142 valence electrons. The summed E-state index contributed by atoms with van der Waals surface area (Å²) in [4.78, 5) is 28.6. The van der Waals surface area contributed by atoms with Crippen LogP contribution in [-0.2, 0) is 4.79 Å². The van der Waals surface area contributed by atoms with Gasteiger partial charge in [-0.05, 0) is 24.6 Å². The van der Waals surface area contributed by atoms with Gasteiger partial charge in [-0.3, -0.25) is 9.59 Å². The second-order valence-electron chi connectivity index (χ2n) is 7.19. The molecule has 3 rings (SSSR count). The summed E-state index contributed by atoms with van der Waals surface area (Å²) >= 11 is 0. The van der Waals surface area contributed by atoms with Gasteiger partial charge < -0.3 is 19.3 Å². The molecule has 1 atom stereocenters. The maximum atomic E-state index is 12.9. The molecule has 1 amide bonds. The molecule has 1 aromatic heterocycles. The number of amides is 1. The highest BCUT2D eigenvalue weighted by Crippen LogP contribution is 2.39. The first-order valence-corrected chi connectivity index (χ1v) is 9.08. The second-order valence-corrected chi connectivity index (χ2v) is 7.19. The Labute approximate surface area is 158 Å². The average Bonchev–Trinajstić information content (AvgIpc) is 3.25. The van der Waals surface area contributed by atoms with E-state index in [-0.39, 0.29) is 11.3 Å². The van der Waals surface area contributed by atoms with E-state index in [1.54, 1.807) is 11.0 Å². The van der Waals surface area contributed by atoms with Crippen LogP contribution in [0.1, 0.15) is 34.1 Å². The van der Waals surface area contributed by atoms with Crippen LogP contribution >= 0.6 is 0 Å². The lowest BCUT2D eigenvalue weighted by molar-refractivity contribution is -0.858. The molecule has 1 aliphatic heterocycles. The highest BCUT2D eigenvalue weighted by Gasteiger charge is 2.44. The number of aryl methyl sites for hydroxylation is 1. The number of ketones is 1. The number of nitrogens with one attached hydrogen (secondary N) is 1. The largest absolute Gasteiger partial charge is 0.503 e. The van der Waals surface area contributed by atoms with E-state index in [1.807, 2.05) is 45.3 Å². The standard InChI is InChI=1S/C21H24N2O4/c1-14-7-9-15(10-8-14)18-17(19(24)16-6-4-13-27-16)20(25)21(26)23(18)12-5-11-22(2)3/h4,6-10,13,18,25H,5,11-12H2,1-3H3/p+1/t18-/m1/s1. The van der Waals surface area contributed by atoms with E-state index in [0.29, 0.717) is 6.54 Å². The normalized spacial score (nSPS) is 17.3. The number of carbonyl (C=O) groups excluding carboxylic acids is 2. The average molecular weight is 369 g/mol. The van der Waals surface area contributed by atoms with Gasteiger partial charge >= 0.3 is 0 Å². The topological polar surface area (TPSA) is 75.2 Å². The van der Waals surface area contributed by atoms with Crippen molar-refractivity contribution in [3.05, 3.63) is 70.9 Å². The van der Waals surface area contributed by atoms with Crippen molar-refractivity contribution in [1.82, 2.24) is 4.90 Å². The van der Waals surface area contributed by atoms with Gasteiger partial charge in [0, 0.05) is 13.0 Å². The molecule has 0 spiro atoms. The summed E-state index contributed by atoms with van der Waals surface area (Å²) in [6.07, 6.45) is 2.17. The smallest absolute Gasteiger partial charge is 0.290 e. The van der Waals surface area contributed by atoms with E-state index in [2.05, 4.69) is 0 Å². The maximum absolute atomic E-state index is 12.9. The summed E-state index contributed by atoms with van der Waals surface area (Å²) in [6.45, 7) is 3.32. The molecule has 6 nitrogen and oxygen atoms in total. The molecule has 0 unspecified atom stereocenters. The van der Waals surface area contributed by atoms with Gasteiger partial charge in [-0.1, -0.05) is 29.8 Å². The maximum Gasteiger partial charge on any atom is 0.290 e. The Hall–Kier alpha value is -2.86. The molecule has 0 fully saturated rings. The minimum absolute atomic E-state index is 0.0796. The lowest BCUT2D eigenvalue weighted by Gasteiger charge is -2.27. The number of quaternary nitrogens is 1. The zero-order valence-corrected chi connectivity index (χ0v) is 15.9. The Bertz CT molecular complexity index is 851. The molecule has 0 aliphatic carbocycles. The lowest BCUT2D eigenvalue weighted by Crippen LogP contribution is -3.05. The molecule has 27 heavy (non-hydrogen) atoms. The van der Waals surface area contributed by atoms with Crippen molar-refractivity contribution in [2.24, 2.45) is 0 Å². The third-order valence-corrected chi connectivity index (χ3v) is 4.76. The Balaban J connectivity index is 1.99. The van der Waals surface area contributed by atoms with E-state index in [4.69, 9.17) is 4.42 Å². The van der Waals surface area contributed by atoms with Crippen molar-refractivity contribution < 1.29 is 24.0 Å². The second kappa shape index (κ2) is 7.80. The first kappa shape index (κ1) is 18.9. The van der Waals surface area contributed by atoms with Gasteiger partial charge in [0.25, 0.3) is 5.91 Å². The molecule has 1 aliphatic rings. The summed E-state index contributed by atoms with van der Waals surface area (Å²) < 4.78 is 5.21.